The molecule has 1 unspecified atom stereocenters. The smallest absolute Gasteiger partial charge is 0.147 e. The van der Waals surface area contributed by atoms with Crippen molar-refractivity contribution in [1.82, 2.24) is 4.90 Å². The van der Waals surface area contributed by atoms with Crippen LogP contribution in [0.3, 0.4) is 0 Å². The zero-order chi connectivity index (χ0) is 9.35. The monoisotopic (exact) mass is 169 g/mol. The van der Waals surface area contributed by atoms with E-state index in [2.05, 4.69) is 18.7 Å². The molecule has 0 aromatic rings. The van der Waals surface area contributed by atoms with Gasteiger partial charge in [0.15, 0.2) is 0 Å². The van der Waals surface area contributed by atoms with Gasteiger partial charge in [0, 0.05) is 0 Å². The quantitative estimate of drug-likeness (QED) is 0.595. The lowest BCUT2D eigenvalue weighted by Gasteiger charge is -2.43. The Labute approximate surface area is 74.9 Å². The number of rotatable bonds is 1. The zero-order valence-electron chi connectivity index (χ0n) is 8.55. The van der Waals surface area contributed by atoms with Gasteiger partial charge < -0.3 is 0 Å². The van der Waals surface area contributed by atoms with E-state index in [1.807, 2.05) is 7.05 Å². The first-order chi connectivity index (χ1) is 5.45. The summed E-state index contributed by atoms with van der Waals surface area (Å²) in [4.78, 5) is 13.6. The maximum Gasteiger partial charge on any atom is 0.147 e. The van der Waals surface area contributed by atoms with Gasteiger partial charge in [0.1, 0.15) is 5.78 Å². The molecule has 1 atom stereocenters. The topological polar surface area (TPSA) is 20.3 Å². The van der Waals surface area contributed by atoms with E-state index >= 15 is 0 Å². The summed E-state index contributed by atoms with van der Waals surface area (Å²) in [5.41, 5.74) is 0.166. The van der Waals surface area contributed by atoms with Crippen LogP contribution in [-0.4, -0.2) is 30.3 Å². The highest BCUT2D eigenvalue weighted by Crippen LogP contribution is 2.34. The van der Waals surface area contributed by atoms with Gasteiger partial charge in [0.2, 0.25) is 0 Å². The van der Waals surface area contributed by atoms with E-state index in [0.29, 0.717) is 5.78 Å². The number of nitrogens with zero attached hydrogens (tertiary/aromatic N) is 1. The Morgan fingerprint density at radius 1 is 1.50 bits per heavy atom. The fraction of sp³-hybridized carbons (Fsp3) is 0.900. The van der Waals surface area contributed by atoms with Gasteiger partial charge in [-0.3, -0.25) is 9.69 Å². The average molecular weight is 169 g/mol. The first-order valence-electron chi connectivity index (χ1n) is 4.66. The molecule has 1 saturated heterocycles. The van der Waals surface area contributed by atoms with E-state index in [1.54, 1.807) is 6.92 Å². The molecular weight excluding hydrogens is 150 g/mol. The van der Waals surface area contributed by atoms with Crippen molar-refractivity contribution in [3.05, 3.63) is 0 Å². The van der Waals surface area contributed by atoms with Crippen molar-refractivity contribution < 1.29 is 4.79 Å². The number of hydrogen-bond acceptors (Lipinski definition) is 2. The number of likely N-dealkylation sites (tertiary alicyclic amines) is 1. The predicted octanol–water partition coefficient (Wildman–Crippen LogP) is 1.70. The number of Topliss-reactive ketones (excluding diaryl/α,β-unsaturated/α-hetero) is 1. The van der Waals surface area contributed by atoms with Crippen molar-refractivity contribution in [3.8, 4) is 0 Å². The molecule has 0 amide bonds. The number of hydrogen-bond donors (Lipinski definition) is 0. The number of likely N-dealkylation sites (N-methyl/N-ethyl adjacent to an activating group) is 1. The molecular formula is C10H19NO. The van der Waals surface area contributed by atoms with Crippen LogP contribution >= 0.6 is 0 Å². The Morgan fingerprint density at radius 3 is 2.42 bits per heavy atom. The summed E-state index contributed by atoms with van der Waals surface area (Å²) in [5.74, 6) is 0.308. The van der Waals surface area contributed by atoms with Gasteiger partial charge in [0.05, 0.1) is 6.04 Å². The molecule has 0 N–H and O–H groups in total. The Hall–Kier alpha value is -0.370. The zero-order valence-corrected chi connectivity index (χ0v) is 8.55. The Bertz CT molecular complexity index is 186. The lowest BCUT2D eigenvalue weighted by atomic mass is 9.75. The van der Waals surface area contributed by atoms with Crippen LogP contribution in [-0.2, 0) is 4.79 Å². The van der Waals surface area contributed by atoms with Gasteiger partial charge in [-0.05, 0) is 38.8 Å². The lowest BCUT2D eigenvalue weighted by molar-refractivity contribution is -0.127. The number of carbonyl (C=O) groups is 1. The fourth-order valence-electron chi connectivity index (χ4n) is 2.51. The normalized spacial score (nSPS) is 30.2. The van der Waals surface area contributed by atoms with Crippen LogP contribution in [0.15, 0.2) is 0 Å². The summed E-state index contributed by atoms with van der Waals surface area (Å²) in [7, 11) is 2.05. The summed E-state index contributed by atoms with van der Waals surface area (Å²) < 4.78 is 0. The fourth-order valence-corrected chi connectivity index (χ4v) is 2.51. The summed E-state index contributed by atoms with van der Waals surface area (Å²) in [6.45, 7) is 7.14. The number of ketones is 1. The Balaban J connectivity index is 2.81. The van der Waals surface area contributed by atoms with Gasteiger partial charge in [-0.25, -0.2) is 0 Å². The van der Waals surface area contributed by atoms with Crippen LogP contribution in [0, 0.1) is 5.41 Å². The van der Waals surface area contributed by atoms with E-state index in [4.69, 9.17) is 0 Å². The molecule has 0 aromatic heterocycles. The standard InChI is InChI=1S/C10H19NO/c1-8(12)9-10(2,3)6-5-7-11(9)4/h9H,5-7H2,1-4H3. The highest BCUT2D eigenvalue weighted by atomic mass is 16.1. The van der Waals surface area contributed by atoms with Crippen molar-refractivity contribution in [2.24, 2.45) is 5.41 Å². The van der Waals surface area contributed by atoms with E-state index in [-0.39, 0.29) is 11.5 Å². The van der Waals surface area contributed by atoms with Crippen LogP contribution in [0.25, 0.3) is 0 Å². The number of piperidine rings is 1. The van der Waals surface area contributed by atoms with Crippen molar-refractivity contribution >= 4 is 5.78 Å². The average Bonchev–Trinajstić information content (AvgIpc) is 1.82. The minimum absolute atomic E-state index is 0.131. The van der Waals surface area contributed by atoms with Crippen LogP contribution in [0.2, 0.25) is 0 Å². The van der Waals surface area contributed by atoms with Crippen molar-refractivity contribution in [2.75, 3.05) is 13.6 Å². The summed E-state index contributed by atoms with van der Waals surface area (Å²) in [6.07, 6.45) is 2.38. The molecule has 1 aliphatic rings. The van der Waals surface area contributed by atoms with Crippen molar-refractivity contribution in [2.45, 2.75) is 39.7 Å². The molecule has 0 aliphatic carbocycles. The van der Waals surface area contributed by atoms with Gasteiger partial charge in [0.25, 0.3) is 0 Å². The molecule has 12 heavy (non-hydrogen) atoms. The molecule has 0 radical (unpaired) electrons. The first kappa shape index (κ1) is 9.72. The van der Waals surface area contributed by atoms with Crippen molar-refractivity contribution in [1.29, 1.82) is 0 Å². The third kappa shape index (κ3) is 1.69. The first-order valence-corrected chi connectivity index (χ1v) is 4.66. The molecule has 0 spiro atoms. The molecule has 0 aromatic carbocycles. The lowest BCUT2D eigenvalue weighted by Crippen LogP contribution is -2.51. The minimum atomic E-state index is 0.131. The summed E-state index contributed by atoms with van der Waals surface area (Å²) in [6, 6.07) is 0.131. The van der Waals surface area contributed by atoms with Crippen LogP contribution < -0.4 is 0 Å². The molecule has 1 rings (SSSR count). The third-order valence-electron chi connectivity index (χ3n) is 2.90. The van der Waals surface area contributed by atoms with Gasteiger partial charge >= 0.3 is 0 Å². The molecule has 1 heterocycles. The van der Waals surface area contributed by atoms with Crippen LogP contribution in [0.5, 0.6) is 0 Å². The molecule has 0 saturated carbocycles. The van der Waals surface area contributed by atoms with Crippen molar-refractivity contribution in [3.63, 3.8) is 0 Å². The molecule has 2 nitrogen and oxygen atoms in total. The second-order valence-corrected chi connectivity index (χ2v) is 4.59. The van der Waals surface area contributed by atoms with Crippen LogP contribution in [0.1, 0.15) is 33.6 Å². The third-order valence-corrected chi connectivity index (χ3v) is 2.90. The largest absolute Gasteiger partial charge is 0.298 e. The molecule has 1 fully saturated rings. The highest BCUT2D eigenvalue weighted by Gasteiger charge is 2.38. The predicted molar refractivity (Wildman–Crippen MR) is 50.1 cm³/mol. The van der Waals surface area contributed by atoms with Gasteiger partial charge in [-0.1, -0.05) is 13.8 Å². The van der Waals surface area contributed by atoms with Gasteiger partial charge in [-0.2, -0.15) is 0 Å². The second-order valence-electron chi connectivity index (χ2n) is 4.59. The minimum Gasteiger partial charge on any atom is -0.298 e. The molecule has 2 heteroatoms. The highest BCUT2D eigenvalue weighted by molar-refractivity contribution is 5.82. The van der Waals surface area contributed by atoms with E-state index in [1.165, 1.54) is 12.8 Å². The Kier molecular flexibility index (Phi) is 2.57. The van der Waals surface area contributed by atoms with E-state index in [9.17, 15) is 4.79 Å². The molecule has 1 aliphatic heterocycles. The summed E-state index contributed by atoms with van der Waals surface area (Å²) in [5, 5.41) is 0. The maximum atomic E-state index is 11.4. The van der Waals surface area contributed by atoms with Crippen LogP contribution in [0.4, 0.5) is 0 Å². The molecule has 0 bridgehead atoms. The SMILES string of the molecule is CC(=O)C1N(C)CCCC1(C)C. The maximum absolute atomic E-state index is 11.4. The van der Waals surface area contributed by atoms with E-state index < -0.39 is 0 Å². The Morgan fingerprint density at radius 2 is 2.08 bits per heavy atom. The second kappa shape index (κ2) is 3.17. The number of carbonyl (C=O) groups excluding carboxylic acids is 1. The molecule has 70 valence electrons. The summed E-state index contributed by atoms with van der Waals surface area (Å²) >= 11 is 0. The van der Waals surface area contributed by atoms with Gasteiger partial charge in [-0.15, -0.1) is 0 Å². The van der Waals surface area contributed by atoms with E-state index in [0.717, 1.165) is 6.54 Å².